The fraction of sp³-hybridized carbons (Fsp3) is 0.417. The average molecular weight is 382 g/mol. The van der Waals surface area contributed by atoms with Crippen LogP contribution in [-0.4, -0.2) is 38.8 Å². The summed E-state index contributed by atoms with van der Waals surface area (Å²) in [6.07, 6.45) is 0.752. The highest BCUT2D eigenvalue weighted by atomic mass is 79.9. The second-order valence-corrected chi connectivity index (χ2v) is 7.28. The van der Waals surface area contributed by atoms with Crippen LogP contribution in [0.1, 0.15) is 13.3 Å². The summed E-state index contributed by atoms with van der Waals surface area (Å²) in [7, 11) is -2.68. The van der Waals surface area contributed by atoms with Gasteiger partial charge < -0.3 is 11.1 Å². The molecule has 6 nitrogen and oxygen atoms in total. The fourth-order valence-electron chi connectivity index (χ4n) is 1.52. The predicted octanol–water partition coefficient (Wildman–Crippen LogP) is 1.32. The summed E-state index contributed by atoms with van der Waals surface area (Å²) in [5, 5.41) is 2.58. The highest BCUT2D eigenvalue weighted by Gasteiger charge is 2.26. The quantitative estimate of drug-likeness (QED) is 0.726. The molecule has 3 N–H and O–H groups in total. The number of nitrogens with zero attached hydrogens (tertiary/aromatic N) is 1. The molecule has 0 spiro atoms. The summed E-state index contributed by atoms with van der Waals surface area (Å²) in [6.45, 7) is 2.03. The van der Waals surface area contributed by atoms with E-state index in [4.69, 9.17) is 5.73 Å². The van der Waals surface area contributed by atoms with Crippen LogP contribution in [0.25, 0.3) is 0 Å². The van der Waals surface area contributed by atoms with Crippen LogP contribution in [0.2, 0.25) is 0 Å². The molecule has 0 unspecified atom stereocenters. The number of hydrogen-bond donors (Lipinski definition) is 2. The minimum Gasteiger partial charge on any atom is -0.396 e. The average Bonchev–Trinajstić information content (AvgIpc) is 2.40. The van der Waals surface area contributed by atoms with E-state index in [1.807, 2.05) is 6.92 Å². The van der Waals surface area contributed by atoms with E-state index in [1.165, 1.54) is 7.05 Å². The third-order valence-corrected chi connectivity index (χ3v) is 5.44. The number of nitrogens with two attached hydrogens (primary N) is 1. The number of nitrogen functional groups attached to an aromatic ring is 1. The second kappa shape index (κ2) is 7.19. The lowest BCUT2D eigenvalue weighted by molar-refractivity contribution is -0.121. The first-order valence-electron chi connectivity index (χ1n) is 6.17. The Morgan fingerprint density at radius 3 is 2.67 bits per heavy atom. The van der Waals surface area contributed by atoms with Crippen molar-refractivity contribution in [3.8, 4) is 0 Å². The Morgan fingerprint density at radius 1 is 1.48 bits per heavy atom. The maximum atomic E-state index is 13.3. The molecular formula is C12H17BrFN3O3S. The van der Waals surface area contributed by atoms with Crippen LogP contribution >= 0.6 is 15.9 Å². The van der Waals surface area contributed by atoms with Crippen molar-refractivity contribution in [2.75, 3.05) is 25.9 Å². The van der Waals surface area contributed by atoms with Crippen molar-refractivity contribution in [1.29, 1.82) is 0 Å². The van der Waals surface area contributed by atoms with Crippen molar-refractivity contribution in [1.82, 2.24) is 9.62 Å². The maximum Gasteiger partial charge on any atom is 0.244 e. The molecule has 0 aromatic heterocycles. The molecule has 0 aliphatic heterocycles. The van der Waals surface area contributed by atoms with E-state index < -0.39 is 21.7 Å². The number of likely N-dealkylation sites (N-methyl/N-ethyl adjacent to an activating group) is 1. The van der Waals surface area contributed by atoms with Gasteiger partial charge in [-0.15, -0.1) is 0 Å². The number of anilines is 1. The fourth-order valence-corrected chi connectivity index (χ4v) is 3.65. The Morgan fingerprint density at radius 2 is 2.10 bits per heavy atom. The molecule has 0 radical (unpaired) electrons. The van der Waals surface area contributed by atoms with Gasteiger partial charge in [0.05, 0.1) is 17.1 Å². The number of hydrogen-bond acceptors (Lipinski definition) is 4. The number of carbonyl (C=O) groups is 1. The van der Waals surface area contributed by atoms with Crippen LogP contribution in [0.15, 0.2) is 21.5 Å². The molecular weight excluding hydrogens is 365 g/mol. The Balaban J connectivity index is 3.00. The minimum absolute atomic E-state index is 0.0509. The Bertz CT molecular complexity index is 637. The molecule has 0 fully saturated rings. The SMILES string of the molecule is CCCNC(=O)CN(C)S(=O)(=O)c1cc(N)c(F)cc1Br. The summed E-state index contributed by atoms with van der Waals surface area (Å²) in [5.41, 5.74) is 5.12. The molecule has 0 saturated carbocycles. The molecule has 0 heterocycles. The third-order valence-electron chi connectivity index (χ3n) is 2.68. The number of halogens is 2. The second-order valence-electron chi connectivity index (χ2n) is 4.42. The van der Waals surface area contributed by atoms with Gasteiger partial charge in [0.25, 0.3) is 0 Å². The number of nitrogens with one attached hydrogen (secondary N) is 1. The van der Waals surface area contributed by atoms with E-state index >= 15 is 0 Å². The van der Waals surface area contributed by atoms with E-state index in [-0.39, 0.29) is 21.6 Å². The molecule has 0 bridgehead atoms. The monoisotopic (exact) mass is 381 g/mol. The molecule has 1 aromatic carbocycles. The van der Waals surface area contributed by atoms with Gasteiger partial charge in [-0.25, -0.2) is 12.8 Å². The lowest BCUT2D eigenvalue weighted by Crippen LogP contribution is -2.38. The molecule has 0 atom stereocenters. The van der Waals surface area contributed by atoms with E-state index in [0.29, 0.717) is 6.54 Å². The molecule has 0 aliphatic rings. The first kappa shape index (κ1) is 17.9. The van der Waals surface area contributed by atoms with Gasteiger partial charge in [-0.05, 0) is 34.5 Å². The maximum absolute atomic E-state index is 13.3. The molecule has 0 saturated heterocycles. The number of sulfonamides is 1. The number of amides is 1. The van der Waals surface area contributed by atoms with Gasteiger partial charge >= 0.3 is 0 Å². The van der Waals surface area contributed by atoms with Crippen LogP contribution in [0.4, 0.5) is 10.1 Å². The standard InChI is InChI=1S/C12H17BrFN3O3S/c1-3-4-16-12(18)7-17(2)21(19,20)11-6-10(15)9(14)5-8(11)13/h5-6H,3-4,7,15H2,1-2H3,(H,16,18). The summed E-state index contributed by atoms with van der Waals surface area (Å²) >= 11 is 2.99. The first-order chi connectivity index (χ1) is 9.70. The van der Waals surface area contributed by atoms with Crippen molar-refractivity contribution < 1.29 is 17.6 Å². The van der Waals surface area contributed by atoms with Crippen LogP contribution in [0.5, 0.6) is 0 Å². The van der Waals surface area contributed by atoms with Gasteiger partial charge in [0.15, 0.2) is 0 Å². The first-order valence-corrected chi connectivity index (χ1v) is 8.41. The molecule has 118 valence electrons. The van der Waals surface area contributed by atoms with Crippen LogP contribution in [0, 0.1) is 5.82 Å². The van der Waals surface area contributed by atoms with E-state index in [9.17, 15) is 17.6 Å². The van der Waals surface area contributed by atoms with Gasteiger partial charge in [-0.1, -0.05) is 6.92 Å². The van der Waals surface area contributed by atoms with Crippen molar-refractivity contribution in [3.63, 3.8) is 0 Å². The smallest absolute Gasteiger partial charge is 0.244 e. The largest absolute Gasteiger partial charge is 0.396 e. The third kappa shape index (κ3) is 4.39. The minimum atomic E-state index is -3.95. The zero-order valence-corrected chi connectivity index (χ0v) is 14.1. The van der Waals surface area contributed by atoms with E-state index in [1.54, 1.807) is 0 Å². The lowest BCUT2D eigenvalue weighted by Gasteiger charge is -2.18. The van der Waals surface area contributed by atoms with Crippen molar-refractivity contribution >= 4 is 37.5 Å². The van der Waals surface area contributed by atoms with Gasteiger partial charge in [0.2, 0.25) is 15.9 Å². The predicted molar refractivity (Wildman–Crippen MR) is 81.6 cm³/mol. The summed E-state index contributed by atoms with van der Waals surface area (Å²) < 4.78 is 38.9. The Hall–Kier alpha value is -1.19. The highest BCUT2D eigenvalue weighted by molar-refractivity contribution is 9.10. The van der Waals surface area contributed by atoms with Gasteiger partial charge in [0, 0.05) is 18.1 Å². The molecule has 1 amide bonds. The van der Waals surface area contributed by atoms with E-state index in [0.717, 1.165) is 22.9 Å². The molecule has 1 rings (SSSR count). The van der Waals surface area contributed by atoms with Gasteiger partial charge in [-0.2, -0.15) is 4.31 Å². The summed E-state index contributed by atoms with van der Waals surface area (Å²) in [6, 6.07) is 2.00. The summed E-state index contributed by atoms with van der Waals surface area (Å²) in [4.78, 5) is 11.4. The topological polar surface area (TPSA) is 92.5 Å². The molecule has 21 heavy (non-hydrogen) atoms. The zero-order chi connectivity index (χ0) is 16.2. The zero-order valence-electron chi connectivity index (χ0n) is 11.7. The lowest BCUT2D eigenvalue weighted by atomic mass is 10.3. The number of benzene rings is 1. The van der Waals surface area contributed by atoms with Crippen molar-refractivity contribution in [2.45, 2.75) is 18.2 Å². The molecule has 9 heteroatoms. The van der Waals surface area contributed by atoms with Crippen molar-refractivity contribution in [3.05, 3.63) is 22.4 Å². The van der Waals surface area contributed by atoms with Gasteiger partial charge in [-0.3, -0.25) is 4.79 Å². The van der Waals surface area contributed by atoms with Crippen LogP contribution in [-0.2, 0) is 14.8 Å². The Kier molecular flexibility index (Phi) is 6.11. The highest BCUT2D eigenvalue weighted by Crippen LogP contribution is 2.28. The Labute approximate surface area is 131 Å². The van der Waals surface area contributed by atoms with Crippen molar-refractivity contribution in [2.24, 2.45) is 0 Å². The molecule has 1 aromatic rings. The molecule has 0 aliphatic carbocycles. The van der Waals surface area contributed by atoms with Crippen LogP contribution in [0.3, 0.4) is 0 Å². The number of rotatable bonds is 6. The number of carbonyl (C=O) groups excluding carboxylic acids is 1. The summed E-state index contributed by atoms with van der Waals surface area (Å²) in [5.74, 6) is -1.13. The van der Waals surface area contributed by atoms with Crippen LogP contribution < -0.4 is 11.1 Å². The van der Waals surface area contributed by atoms with Gasteiger partial charge in [0.1, 0.15) is 5.82 Å². The van der Waals surface area contributed by atoms with E-state index in [2.05, 4.69) is 21.2 Å². The normalized spacial score (nSPS) is 11.7.